The Labute approximate surface area is 56.9 Å². The van der Waals surface area contributed by atoms with Gasteiger partial charge in [-0.1, -0.05) is 0 Å². The highest BCUT2D eigenvalue weighted by Gasteiger charge is 1.94. The van der Waals surface area contributed by atoms with Crippen LogP contribution in [-0.2, 0) is 0 Å². The van der Waals surface area contributed by atoms with E-state index in [4.69, 9.17) is 0 Å². The first-order chi connectivity index (χ1) is 4.86. The van der Waals surface area contributed by atoms with Gasteiger partial charge >= 0.3 is 0 Å². The summed E-state index contributed by atoms with van der Waals surface area (Å²) >= 11 is 0. The van der Waals surface area contributed by atoms with Crippen molar-refractivity contribution in [2.45, 2.75) is 0 Å². The summed E-state index contributed by atoms with van der Waals surface area (Å²) < 4.78 is 2.52. The molecule has 0 radical (unpaired) electrons. The van der Waals surface area contributed by atoms with E-state index in [9.17, 15) is 5.21 Å². The molecule has 2 heterocycles. The van der Waals surface area contributed by atoms with E-state index in [1.807, 2.05) is 0 Å². The van der Waals surface area contributed by atoms with E-state index in [2.05, 4.69) is 4.98 Å². The Bertz CT molecular complexity index is 355. The van der Waals surface area contributed by atoms with Crippen molar-refractivity contribution in [3.8, 4) is 0 Å². The van der Waals surface area contributed by atoms with Crippen LogP contribution in [0, 0.1) is 5.21 Å². The minimum atomic E-state index is 0.747. The Kier molecular flexibility index (Phi) is 0.887. The molecule has 0 bridgehead atoms. The van der Waals surface area contributed by atoms with Crippen molar-refractivity contribution in [3.05, 3.63) is 36.3 Å². The molecular formula is C6H5N3O. The van der Waals surface area contributed by atoms with E-state index in [1.54, 1.807) is 23.1 Å². The van der Waals surface area contributed by atoms with Crippen LogP contribution in [0.3, 0.4) is 0 Å². The van der Waals surface area contributed by atoms with Crippen LogP contribution in [0.2, 0.25) is 0 Å². The molecule has 0 saturated carbocycles. The highest BCUT2D eigenvalue weighted by molar-refractivity contribution is 5.39. The van der Waals surface area contributed by atoms with Gasteiger partial charge in [0, 0.05) is 0 Å². The monoisotopic (exact) mass is 135 g/mol. The van der Waals surface area contributed by atoms with Crippen LogP contribution in [0.1, 0.15) is 0 Å². The Balaban J connectivity index is 2.86. The van der Waals surface area contributed by atoms with Gasteiger partial charge in [0.05, 0.1) is 18.7 Å². The molecule has 0 spiro atoms. The van der Waals surface area contributed by atoms with Gasteiger partial charge < -0.3 is 5.21 Å². The largest absolute Gasteiger partial charge is 0.619 e. The van der Waals surface area contributed by atoms with Crippen LogP contribution in [0.4, 0.5) is 0 Å². The molecule has 2 aromatic rings. The fraction of sp³-hybridized carbons (Fsp3) is 0. The summed E-state index contributed by atoms with van der Waals surface area (Å²) in [5.41, 5.74) is 0.803. The van der Waals surface area contributed by atoms with Gasteiger partial charge in [0.15, 0.2) is 6.20 Å². The first-order valence-corrected chi connectivity index (χ1v) is 2.87. The Hall–Kier alpha value is -1.58. The first kappa shape index (κ1) is 5.22. The zero-order valence-electron chi connectivity index (χ0n) is 5.14. The minimum Gasteiger partial charge on any atom is -0.619 e. The third kappa shape index (κ3) is 0.621. The fourth-order valence-corrected chi connectivity index (χ4v) is 0.850. The van der Waals surface area contributed by atoms with Crippen molar-refractivity contribution < 1.29 is 4.73 Å². The molecule has 0 aliphatic heterocycles. The molecule has 0 unspecified atom stereocenters. The van der Waals surface area contributed by atoms with Crippen LogP contribution in [-0.4, -0.2) is 9.38 Å². The highest BCUT2D eigenvalue weighted by atomic mass is 16.5. The molecule has 0 saturated heterocycles. The molecule has 0 aromatic carbocycles. The molecule has 0 fully saturated rings. The lowest BCUT2D eigenvalue weighted by Gasteiger charge is -1.93. The highest BCUT2D eigenvalue weighted by Crippen LogP contribution is 1.94. The molecule has 0 amide bonds. The van der Waals surface area contributed by atoms with E-state index < -0.39 is 0 Å². The summed E-state index contributed by atoms with van der Waals surface area (Å²) in [6.45, 7) is 0. The second-order valence-corrected chi connectivity index (χ2v) is 2.01. The molecule has 0 N–H and O–H groups in total. The van der Waals surface area contributed by atoms with Crippen LogP contribution in [0.15, 0.2) is 31.1 Å². The Morgan fingerprint density at radius 2 is 2.50 bits per heavy atom. The standard InChI is InChI=1S/C6H5N3O/c10-9-2-1-8-5-7-3-6(8)4-9/h1-5H. The third-order valence-corrected chi connectivity index (χ3v) is 1.33. The van der Waals surface area contributed by atoms with Gasteiger partial charge in [-0.25, -0.2) is 4.98 Å². The normalized spacial score (nSPS) is 10.4. The van der Waals surface area contributed by atoms with Crippen LogP contribution in [0.5, 0.6) is 0 Å². The average molecular weight is 135 g/mol. The van der Waals surface area contributed by atoms with Crippen molar-refractivity contribution >= 4 is 5.52 Å². The predicted octanol–water partition coefficient (Wildman–Crippen LogP) is -0.0323. The fourth-order valence-electron chi connectivity index (χ4n) is 0.850. The molecule has 0 atom stereocenters. The lowest BCUT2D eigenvalue weighted by atomic mass is 10.6. The number of fused-ring (bicyclic) bond motifs is 1. The van der Waals surface area contributed by atoms with Crippen LogP contribution < -0.4 is 4.73 Å². The second-order valence-electron chi connectivity index (χ2n) is 2.01. The van der Waals surface area contributed by atoms with Gasteiger partial charge in [-0.2, -0.15) is 4.73 Å². The summed E-state index contributed by atoms with van der Waals surface area (Å²) in [6.07, 6.45) is 7.83. The molecule has 10 heavy (non-hydrogen) atoms. The molecule has 0 aliphatic rings. The second kappa shape index (κ2) is 1.70. The quantitative estimate of drug-likeness (QED) is 0.376. The lowest BCUT2D eigenvalue weighted by molar-refractivity contribution is -0.604. The predicted molar refractivity (Wildman–Crippen MR) is 34.2 cm³/mol. The SMILES string of the molecule is [O-][n+]1ccn2cncc2c1. The molecule has 2 rings (SSSR count). The molecule has 0 aliphatic carbocycles. The van der Waals surface area contributed by atoms with Gasteiger partial charge in [0.2, 0.25) is 6.20 Å². The van der Waals surface area contributed by atoms with E-state index in [-0.39, 0.29) is 0 Å². The summed E-state index contributed by atoms with van der Waals surface area (Å²) in [5, 5.41) is 10.7. The molecular weight excluding hydrogens is 130 g/mol. The molecule has 4 heteroatoms. The number of rotatable bonds is 0. The van der Waals surface area contributed by atoms with Crippen molar-refractivity contribution in [1.29, 1.82) is 0 Å². The van der Waals surface area contributed by atoms with Gasteiger partial charge in [-0.3, -0.25) is 4.40 Å². The smallest absolute Gasteiger partial charge is 0.206 e. The summed E-state index contributed by atoms with van der Waals surface area (Å²) in [6, 6.07) is 0. The van der Waals surface area contributed by atoms with Gasteiger partial charge in [0.1, 0.15) is 5.52 Å². The number of imidazole rings is 1. The van der Waals surface area contributed by atoms with Gasteiger partial charge in [-0.15, -0.1) is 0 Å². The van der Waals surface area contributed by atoms with E-state index in [0.29, 0.717) is 0 Å². The topological polar surface area (TPSA) is 44.2 Å². The maximum absolute atomic E-state index is 10.7. The van der Waals surface area contributed by atoms with E-state index in [1.165, 1.54) is 12.4 Å². The number of hydrogen-bond donors (Lipinski definition) is 0. The number of nitrogens with zero attached hydrogens (tertiary/aromatic N) is 3. The zero-order chi connectivity index (χ0) is 6.97. The number of aromatic nitrogens is 3. The average Bonchev–Trinajstić information content (AvgIpc) is 2.33. The van der Waals surface area contributed by atoms with E-state index in [0.717, 1.165) is 10.2 Å². The summed E-state index contributed by atoms with van der Waals surface area (Å²) in [4.78, 5) is 3.85. The van der Waals surface area contributed by atoms with Crippen LogP contribution in [0.25, 0.3) is 5.52 Å². The first-order valence-electron chi connectivity index (χ1n) is 2.87. The van der Waals surface area contributed by atoms with Crippen LogP contribution >= 0.6 is 0 Å². The Morgan fingerprint density at radius 1 is 1.60 bits per heavy atom. The maximum Gasteiger partial charge on any atom is 0.206 e. The number of hydrogen-bond acceptors (Lipinski definition) is 2. The van der Waals surface area contributed by atoms with Crippen molar-refractivity contribution in [3.63, 3.8) is 0 Å². The molecule has 4 nitrogen and oxygen atoms in total. The van der Waals surface area contributed by atoms with E-state index >= 15 is 0 Å². The summed E-state index contributed by atoms with van der Waals surface area (Å²) in [7, 11) is 0. The van der Waals surface area contributed by atoms with Crippen molar-refractivity contribution in [2.75, 3.05) is 0 Å². The third-order valence-electron chi connectivity index (χ3n) is 1.33. The van der Waals surface area contributed by atoms with Crippen molar-refractivity contribution in [1.82, 2.24) is 9.38 Å². The van der Waals surface area contributed by atoms with Gasteiger partial charge in [-0.05, 0) is 0 Å². The zero-order valence-corrected chi connectivity index (χ0v) is 5.14. The Morgan fingerprint density at radius 3 is 3.40 bits per heavy atom. The maximum atomic E-state index is 10.7. The lowest BCUT2D eigenvalue weighted by Crippen LogP contribution is -2.24. The molecule has 2 aromatic heterocycles. The van der Waals surface area contributed by atoms with Gasteiger partial charge in [0.25, 0.3) is 0 Å². The molecule has 50 valence electrons. The summed E-state index contributed by atoms with van der Waals surface area (Å²) in [5.74, 6) is 0. The minimum absolute atomic E-state index is 0.747. The van der Waals surface area contributed by atoms with Crippen molar-refractivity contribution in [2.24, 2.45) is 0 Å².